The van der Waals surface area contributed by atoms with E-state index in [0.717, 1.165) is 69.9 Å². The number of anilines is 1. The number of hydrogen-bond donors (Lipinski definition) is 1. The van der Waals surface area contributed by atoms with Crippen LogP contribution in [0.1, 0.15) is 33.6 Å². The Bertz CT molecular complexity index is 928. The van der Waals surface area contributed by atoms with Crippen molar-refractivity contribution in [2.75, 3.05) is 50.7 Å². The number of hydrogen-bond acceptors (Lipinski definition) is 6. The summed E-state index contributed by atoms with van der Waals surface area (Å²) in [6.07, 6.45) is 1.87. The lowest BCUT2D eigenvalue weighted by molar-refractivity contribution is 0.0169. The van der Waals surface area contributed by atoms with Crippen molar-refractivity contribution in [3.05, 3.63) is 28.7 Å². The van der Waals surface area contributed by atoms with Gasteiger partial charge in [0.25, 0.3) is 0 Å². The molecule has 3 heterocycles. The van der Waals surface area contributed by atoms with Crippen molar-refractivity contribution in [1.29, 1.82) is 0 Å². The van der Waals surface area contributed by atoms with Crippen molar-refractivity contribution in [2.45, 2.75) is 39.2 Å². The molecule has 2 aliphatic heterocycles. The van der Waals surface area contributed by atoms with E-state index in [0.29, 0.717) is 11.5 Å². The first-order chi connectivity index (χ1) is 14.3. The third kappa shape index (κ3) is 4.98. The summed E-state index contributed by atoms with van der Waals surface area (Å²) < 4.78 is 10.7. The number of fused-ring (bicyclic) bond motifs is 1. The SMILES string of the molecule is CC(C)(C)OC(=O)N1CCC(CN2CCN(c3ccc4[nH]c(=O)oc4c3)CC2)CC1. The maximum atomic E-state index is 12.2. The van der Waals surface area contributed by atoms with E-state index in [4.69, 9.17) is 9.15 Å². The van der Waals surface area contributed by atoms with E-state index in [-0.39, 0.29) is 6.09 Å². The van der Waals surface area contributed by atoms with Crippen LogP contribution in [0, 0.1) is 5.92 Å². The summed E-state index contributed by atoms with van der Waals surface area (Å²) in [5, 5.41) is 0. The zero-order valence-corrected chi connectivity index (χ0v) is 18.1. The third-order valence-corrected chi connectivity index (χ3v) is 5.92. The van der Waals surface area contributed by atoms with Crippen LogP contribution in [-0.4, -0.2) is 72.3 Å². The average Bonchev–Trinajstić information content (AvgIpc) is 3.07. The number of aromatic amines is 1. The first-order valence-corrected chi connectivity index (χ1v) is 10.8. The van der Waals surface area contributed by atoms with Crippen molar-refractivity contribution in [1.82, 2.24) is 14.8 Å². The molecule has 0 unspecified atom stereocenters. The average molecular weight is 417 g/mol. The number of rotatable bonds is 3. The minimum absolute atomic E-state index is 0.190. The maximum absolute atomic E-state index is 12.2. The number of benzene rings is 1. The minimum atomic E-state index is -0.440. The van der Waals surface area contributed by atoms with Gasteiger partial charge in [-0.15, -0.1) is 0 Å². The highest BCUT2D eigenvalue weighted by atomic mass is 16.6. The number of carbonyl (C=O) groups excluding carboxylic acids is 1. The van der Waals surface area contributed by atoms with Crippen LogP contribution in [0.3, 0.4) is 0 Å². The Morgan fingerprint density at radius 1 is 1.13 bits per heavy atom. The number of oxazole rings is 1. The number of aromatic nitrogens is 1. The predicted molar refractivity (Wildman–Crippen MR) is 116 cm³/mol. The van der Waals surface area contributed by atoms with E-state index >= 15 is 0 Å². The molecule has 164 valence electrons. The number of amides is 1. The molecule has 0 bridgehead atoms. The summed E-state index contributed by atoms with van der Waals surface area (Å²) in [7, 11) is 0. The molecule has 0 radical (unpaired) electrons. The monoisotopic (exact) mass is 416 g/mol. The molecule has 0 atom stereocenters. The molecule has 2 saturated heterocycles. The lowest BCUT2D eigenvalue weighted by Crippen LogP contribution is -2.49. The van der Waals surface area contributed by atoms with E-state index in [9.17, 15) is 9.59 Å². The van der Waals surface area contributed by atoms with Gasteiger partial charge in [-0.3, -0.25) is 9.88 Å². The number of H-pyrrole nitrogens is 1. The van der Waals surface area contributed by atoms with Crippen LogP contribution in [0.2, 0.25) is 0 Å². The van der Waals surface area contributed by atoms with E-state index in [1.165, 1.54) is 0 Å². The highest BCUT2D eigenvalue weighted by molar-refractivity contribution is 5.77. The van der Waals surface area contributed by atoms with Crippen molar-refractivity contribution < 1.29 is 13.9 Å². The van der Waals surface area contributed by atoms with Gasteiger partial charge in [0.15, 0.2) is 5.58 Å². The van der Waals surface area contributed by atoms with Gasteiger partial charge >= 0.3 is 11.8 Å². The van der Waals surface area contributed by atoms with Crippen molar-refractivity contribution in [3.8, 4) is 0 Å². The van der Waals surface area contributed by atoms with Crippen LogP contribution >= 0.6 is 0 Å². The second-order valence-corrected chi connectivity index (χ2v) is 9.39. The molecule has 0 spiro atoms. The van der Waals surface area contributed by atoms with Gasteiger partial charge in [-0.2, -0.15) is 0 Å². The minimum Gasteiger partial charge on any atom is -0.444 e. The Kier molecular flexibility index (Phi) is 5.77. The van der Waals surface area contributed by atoms with E-state index in [1.807, 2.05) is 43.9 Å². The third-order valence-electron chi connectivity index (χ3n) is 5.92. The van der Waals surface area contributed by atoms with Crippen molar-refractivity contribution in [2.24, 2.45) is 5.92 Å². The molecule has 0 aliphatic carbocycles. The van der Waals surface area contributed by atoms with E-state index in [1.54, 1.807) is 0 Å². The lowest BCUT2D eigenvalue weighted by atomic mass is 9.96. The number of piperazine rings is 1. The van der Waals surface area contributed by atoms with Gasteiger partial charge in [0.2, 0.25) is 0 Å². The molecule has 2 aromatic rings. The Morgan fingerprint density at radius 3 is 2.50 bits per heavy atom. The molecular formula is C22H32N4O4. The first-order valence-electron chi connectivity index (χ1n) is 10.8. The summed E-state index contributed by atoms with van der Waals surface area (Å²) in [6.45, 7) is 12.3. The molecule has 2 fully saturated rings. The predicted octanol–water partition coefficient (Wildman–Crippen LogP) is 2.89. The summed E-state index contributed by atoms with van der Waals surface area (Å²) in [5.41, 5.74) is 2.00. The largest absolute Gasteiger partial charge is 0.444 e. The molecule has 1 aromatic carbocycles. The fourth-order valence-corrected chi connectivity index (χ4v) is 4.31. The number of piperidine rings is 1. The van der Waals surface area contributed by atoms with Crippen LogP contribution in [-0.2, 0) is 4.74 Å². The Balaban J connectivity index is 1.23. The lowest BCUT2D eigenvalue weighted by Gasteiger charge is -2.39. The molecule has 1 amide bonds. The Labute approximate surface area is 176 Å². The van der Waals surface area contributed by atoms with E-state index in [2.05, 4.69) is 14.8 Å². The van der Waals surface area contributed by atoms with Crippen LogP contribution < -0.4 is 10.7 Å². The molecule has 1 N–H and O–H groups in total. The molecule has 8 nitrogen and oxygen atoms in total. The number of nitrogens with one attached hydrogen (secondary N) is 1. The van der Waals surface area contributed by atoms with Gasteiger partial charge in [-0.1, -0.05) is 0 Å². The summed E-state index contributed by atoms with van der Waals surface area (Å²) in [4.78, 5) is 33.0. The number of likely N-dealkylation sites (tertiary alicyclic amines) is 1. The normalized spacial score (nSPS) is 19.4. The van der Waals surface area contributed by atoms with Crippen LogP contribution in [0.15, 0.2) is 27.4 Å². The van der Waals surface area contributed by atoms with Gasteiger partial charge in [0.1, 0.15) is 5.60 Å². The molecule has 8 heteroatoms. The second-order valence-electron chi connectivity index (χ2n) is 9.39. The van der Waals surface area contributed by atoms with Crippen LogP contribution in [0.25, 0.3) is 11.1 Å². The smallest absolute Gasteiger partial charge is 0.417 e. The summed E-state index contributed by atoms with van der Waals surface area (Å²) in [5.74, 6) is 0.213. The topological polar surface area (TPSA) is 82.0 Å². The van der Waals surface area contributed by atoms with E-state index < -0.39 is 11.4 Å². The second kappa shape index (κ2) is 8.34. The van der Waals surface area contributed by atoms with Crippen LogP contribution in [0.5, 0.6) is 0 Å². The van der Waals surface area contributed by atoms with Crippen molar-refractivity contribution in [3.63, 3.8) is 0 Å². The molecule has 0 saturated carbocycles. The highest BCUT2D eigenvalue weighted by Gasteiger charge is 2.28. The zero-order valence-electron chi connectivity index (χ0n) is 18.1. The summed E-state index contributed by atoms with van der Waals surface area (Å²) in [6, 6.07) is 5.88. The molecule has 1 aromatic heterocycles. The summed E-state index contributed by atoms with van der Waals surface area (Å²) >= 11 is 0. The van der Waals surface area contributed by atoms with Gasteiger partial charge in [0.05, 0.1) is 5.52 Å². The number of ether oxygens (including phenoxy) is 1. The molecular weight excluding hydrogens is 384 g/mol. The number of nitrogens with zero attached hydrogens (tertiary/aromatic N) is 3. The number of carbonyl (C=O) groups is 1. The van der Waals surface area contributed by atoms with Gasteiger partial charge in [-0.05, 0) is 51.7 Å². The van der Waals surface area contributed by atoms with Gasteiger partial charge in [-0.25, -0.2) is 9.59 Å². The molecule has 30 heavy (non-hydrogen) atoms. The fraction of sp³-hybridized carbons (Fsp3) is 0.636. The molecule has 2 aliphatic rings. The fourth-order valence-electron chi connectivity index (χ4n) is 4.31. The van der Waals surface area contributed by atoms with Crippen LogP contribution in [0.4, 0.5) is 10.5 Å². The van der Waals surface area contributed by atoms with Crippen molar-refractivity contribution >= 4 is 22.9 Å². The highest BCUT2D eigenvalue weighted by Crippen LogP contribution is 2.24. The quantitative estimate of drug-likeness (QED) is 0.829. The first kappa shape index (κ1) is 20.8. The Hall–Kier alpha value is -2.48. The van der Waals surface area contributed by atoms with Gasteiger partial charge < -0.3 is 19.0 Å². The molecule has 4 rings (SSSR count). The Morgan fingerprint density at radius 2 is 1.83 bits per heavy atom. The maximum Gasteiger partial charge on any atom is 0.417 e. The standard InChI is InChI=1S/C22H32N4O4/c1-22(2,3)30-21(28)26-8-6-16(7-9-26)15-24-10-12-25(13-11-24)17-4-5-18-19(14-17)29-20(27)23-18/h4-5,14,16H,6-13,15H2,1-3H3,(H,23,27). The van der Waals surface area contributed by atoms with Gasteiger partial charge in [0, 0.05) is 57.6 Å². The zero-order chi connectivity index (χ0) is 21.3.